The number of nitrogens with one attached hydrogen (secondary N) is 1. The van der Waals surface area contributed by atoms with Gasteiger partial charge in [-0.25, -0.2) is 9.78 Å². The van der Waals surface area contributed by atoms with E-state index in [0.29, 0.717) is 17.8 Å². The van der Waals surface area contributed by atoms with E-state index in [-0.39, 0.29) is 0 Å². The van der Waals surface area contributed by atoms with E-state index >= 15 is 0 Å². The first-order valence-corrected chi connectivity index (χ1v) is 5.74. The van der Waals surface area contributed by atoms with Crippen LogP contribution >= 0.6 is 0 Å². The van der Waals surface area contributed by atoms with Gasteiger partial charge in [0.05, 0.1) is 5.56 Å². The zero-order valence-corrected chi connectivity index (χ0v) is 11.0. The molecule has 5 heteroatoms. The summed E-state index contributed by atoms with van der Waals surface area (Å²) in [5, 5.41) is 21.2. The number of anilines is 1. The first-order chi connectivity index (χ1) is 8.34. The van der Waals surface area contributed by atoms with Crippen LogP contribution in [0.2, 0.25) is 0 Å². The molecule has 1 aromatic heterocycles. The van der Waals surface area contributed by atoms with E-state index in [9.17, 15) is 9.90 Å². The standard InChI is InChI=1S/C13H17N3O2/c1-5-13(4,12(17)18)16-11-10(7-14)8(2)6-9(3)15-11/h6H,5H2,1-4H3,(H,15,16)(H,17,18). The van der Waals surface area contributed by atoms with Gasteiger partial charge in [-0.3, -0.25) is 0 Å². The van der Waals surface area contributed by atoms with Crippen molar-refractivity contribution in [3.05, 3.63) is 22.9 Å². The SMILES string of the molecule is CCC(C)(Nc1nc(C)cc(C)c1C#N)C(=O)O. The molecule has 0 amide bonds. The van der Waals surface area contributed by atoms with Crippen molar-refractivity contribution >= 4 is 11.8 Å². The maximum Gasteiger partial charge on any atom is 0.329 e. The molecule has 1 atom stereocenters. The van der Waals surface area contributed by atoms with Crippen LogP contribution in [0.1, 0.15) is 37.1 Å². The monoisotopic (exact) mass is 247 g/mol. The molecule has 0 saturated heterocycles. The van der Waals surface area contributed by atoms with E-state index in [1.807, 2.05) is 13.8 Å². The van der Waals surface area contributed by atoms with E-state index < -0.39 is 11.5 Å². The molecule has 0 saturated carbocycles. The van der Waals surface area contributed by atoms with Crippen LogP contribution in [0.3, 0.4) is 0 Å². The van der Waals surface area contributed by atoms with Crippen LogP contribution in [0.4, 0.5) is 5.82 Å². The Bertz CT molecular complexity index is 520. The average molecular weight is 247 g/mol. The highest BCUT2D eigenvalue weighted by molar-refractivity contribution is 5.82. The Morgan fingerprint density at radius 3 is 2.67 bits per heavy atom. The number of carboxylic acids is 1. The van der Waals surface area contributed by atoms with Crippen molar-refractivity contribution in [2.45, 2.75) is 39.7 Å². The lowest BCUT2D eigenvalue weighted by Crippen LogP contribution is -2.43. The number of nitrogens with zero attached hydrogens (tertiary/aromatic N) is 2. The van der Waals surface area contributed by atoms with Crippen molar-refractivity contribution in [3.8, 4) is 6.07 Å². The summed E-state index contributed by atoms with van der Waals surface area (Å²) < 4.78 is 0. The zero-order chi connectivity index (χ0) is 13.9. The number of aliphatic carboxylic acids is 1. The van der Waals surface area contributed by atoms with Gasteiger partial charge < -0.3 is 10.4 Å². The predicted octanol–water partition coefficient (Wildman–Crippen LogP) is 2.24. The second-order valence-corrected chi connectivity index (χ2v) is 4.53. The van der Waals surface area contributed by atoms with Crippen molar-refractivity contribution in [3.63, 3.8) is 0 Å². The third-order valence-corrected chi connectivity index (χ3v) is 3.03. The molecule has 0 bridgehead atoms. The highest BCUT2D eigenvalue weighted by Gasteiger charge is 2.32. The van der Waals surface area contributed by atoms with Crippen molar-refractivity contribution in [2.75, 3.05) is 5.32 Å². The minimum absolute atomic E-state index is 0.335. The molecule has 0 aromatic carbocycles. The molecule has 0 radical (unpaired) electrons. The number of rotatable bonds is 4. The fraction of sp³-hybridized carbons (Fsp3) is 0.462. The minimum atomic E-state index is -1.13. The van der Waals surface area contributed by atoms with E-state index in [2.05, 4.69) is 16.4 Å². The van der Waals surface area contributed by atoms with Crippen LogP contribution in [0, 0.1) is 25.2 Å². The number of aryl methyl sites for hydroxylation is 2. The van der Waals surface area contributed by atoms with Crippen LogP contribution < -0.4 is 5.32 Å². The summed E-state index contributed by atoms with van der Waals surface area (Å²) in [6.07, 6.45) is 0.391. The molecule has 0 fully saturated rings. The number of hydrogen-bond donors (Lipinski definition) is 2. The van der Waals surface area contributed by atoms with Gasteiger partial charge >= 0.3 is 5.97 Å². The van der Waals surface area contributed by atoms with Gasteiger partial charge in [0, 0.05) is 5.69 Å². The number of carbonyl (C=O) groups is 1. The lowest BCUT2D eigenvalue weighted by atomic mass is 9.98. The Morgan fingerprint density at radius 2 is 2.22 bits per heavy atom. The molecule has 0 aliphatic rings. The number of carboxylic acid groups (broad SMARTS) is 1. The molecule has 96 valence electrons. The summed E-state index contributed by atoms with van der Waals surface area (Å²) in [7, 11) is 0. The molecule has 1 unspecified atom stereocenters. The van der Waals surface area contributed by atoms with Crippen molar-refractivity contribution in [2.24, 2.45) is 0 Å². The van der Waals surface area contributed by atoms with Gasteiger partial charge in [-0.1, -0.05) is 6.92 Å². The summed E-state index contributed by atoms with van der Waals surface area (Å²) in [4.78, 5) is 15.5. The van der Waals surface area contributed by atoms with Crippen molar-refractivity contribution in [1.82, 2.24) is 4.98 Å². The zero-order valence-electron chi connectivity index (χ0n) is 11.0. The Kier molecular flexibility index (Phi) is 3.92. The molecule has 1 aromatic rings. The molecule has 2 N–H and O–H groups in total. The van der Waals surface area contributed by atoms with Gasteiger partial charge in [0.25, 0.3) is 0 Å². The summed E-state index contributed by atoms with van der Waals surface area (Å²) in [6, 6.07) is 3.86. The molecule has 0 aliphatic heterocycles. The Morgan fingerprint density at radius 1 is 1.61 bits per heavy atom. The smallest absolute Gasteiger partial charge is 0.329 e. The fourth-order valence-electron chi connectivity index (χ4n) is 1.62. The Balaban J connectivity index is 3.27. The number of hydrogen-bond acceptors (Lipinski definition) is 4. The fourth-order valence-corrected chi connectivity index (χ4v) is 1.62. The van der Waals surface area contributed by atoms with Crippen LogP contribution in [-0.4, -0.2) is 21.6 Å². The predicted molar refractivity (Wildman–Crippen MR) is 68.4 cm³/mol. The number of nitriles is 1. The summed E-state index contributed by atoms with van der Waals surface area (Å²) in [6.45, 7) is 6.97. The second kappa shape index (κ2) is 5.05. The molecule has 1 rings (SSSR count). The van der Waals surface area contributed by atoms with Crippen LogP contribution in [0.5, 0.6) is 0 Å². The van der Waals surface area contributed by atoms with Gasteiger partial charge in [-0.05, 0) is 38.8 Å². The van der Waals surface area contributed by atoms with Crippen molar-refractivity contribution in [1.29, 1.82) is 5.26 Å². The highest BCUT2D eigenvalue weighted by Crippen LogP contribution is 2.23. The molecular weight excluding hydrogens is 230 g/mol. The number of aromatic nitrogens is 1. The highest BCUT2D eigenvalue weighted by atomic mass is 16.4. The second-order valence-electron chi connectivity index (χ2n) is 4.53. The molecule has 0 spiro atoms. The average Bonchev–Trinajstić information content (AvgIpc) is 2.28. The summed E-state index contributed by atoms with van der Waals surface area (Å²) in [5.74, 6) is -0.628. The van der Waals surface area contributed by atoms with Gasteiger partial charge in [0.1, 0.15) is 17.4 Å². The molecule has 1 heterocycles. The minimum Gasteiger partial charge on any atom is -0.480 e. The van der Waals surface area contributed by atoms with Crippen LogP contribution in [-0.2, 0) is 4.79 Å². The molecule has 0 aliphatic carbocycles. The molecule has 18 heavy (non-hydrogen) atoms. The normalized spacial score (nSPS) is 13.5. The lowest BCUT2D eigenvalue weighted by Gasteiger charge is -2.26. The lowest BCUT2D eigenvalue weighted by molar-refractivity contribution is -0.141. The maximum atomic E-state index is 11.3. The third-order valence-electron chi connectivity index (χ3n) is 3.03. The third kappa shape index (κ3) is 2.59. The Labute approximate surface area is 106 Å². The van der Waals surface area contributed by atoms with E-state index in [4.69, 9.17) is 5.26 Å². The summed E-state index contributed by atoms with van der Waals surface area (Å²) in [5.41, 5.74) is 0.800. The first kappa shape index (κ1) is 14.0. The molecular formula is C13H17N3O2. The van der Waals surface area contributed by atoms with E-state index in [1.54, 1.807) is 19.9 Å². The first-order valence-electron chi connectivity index (χ1n) is 5.74. The summed E-state index contributed by atoms with van der Waals surface area (Å²) >= 11 is 0. The van der Waals surface area contributed by atoms with Crippen molar-refractivity contribution < 1.29 is 9.90 Å². The maximum absolute atomic E-state index is 11.3. The van der Waals surface area contributed by atoms with E-state index in [0.717, 1.165) is 11.3 Å². The van der Waals surface area contributed by atoms with Gasteiger partial charge in [-0.2, -0.15) is 5.26 Å². The van der Waals surface area contributed by atoms with Gasteiger partial charge in [0.2, 0.25) is 0 Å². The van der Waals surface area contributed by atoms with Gasteiger partial charge in [0.15, 0.2) is 0 Å². The van der Waals surface area contributed by atoms with Crippen LogP contribution in [0.25, 0.3) is 0 Å². The number of pyridine rings is 1. The largest absolute Gasteiger partial charge is 0.480 e. The quantitative estimate of drug-likeness (QED) is 0.852. The topological polar surface area (TPSA) is 86.0 Å². The Hall–Kier alpha value is -2.09. The van der Waals surface area contributed by atoms with Crippen LogP contribution in [0.15, 0.2) is 6.07 Å². The van der Waals surface area contributed by atoms with E-state index in [1.165, 1.54) is 0 Å². The van der Waals surface area contributed by atoms with Gasteiger partial charge in [-0.15, -0.1) is 0 Å². The molecule has 5 nitrogen and oxygen atoms in total.